The Bertz CT molecular complexity index is 1680. The van der Waals surface area contributed by atoms with Crippen LogP contribution in [0.1, 0.15) is 31.9 Å². The number of ether oxygens (including phenoxy) is 1. The van der Waals surface area contributed by atoms with E-state index < -0.39 is 34.1 Å². The van der Waals surface area contributed by atoms with Crippen molar-refractivity contribution < 1.29 is 22.7 Å². The van der Waals surface area contributed by atoms with E-state index in [1.54, 1.807) is 48.5 Å². The number of nitrogens with zero attached hydrogens (tertiary/aromatic N) is 2. The van der Waals surface area contributed by atoms with Crippen LogP contribution in [0.4, 0.5) is 5.69 Å². The number of para-hydroxylation sites is 1. The zero-order valence-electron chi connectivity index (χ0n) is 25.8. The van der Waals surface area contributed by atoms with Crippen molar-refractivity contribution in [1.82, 2.24) is 10.2 Å². The number of benzene rings is 4. The number of hydrogen-bond donors (Lipinski definition) is 1. The van der Waals surface area contributed by atoms with Crippen molar-refractivity contribution in [3.63, 3.8) is 0 Å². The highest BCUT2D eigenvalue weighted by molar-refractivity contribution is 7.92. The van der Waals surface area contributed by atoms with E-state index in [-0.39, 0.29) is 24.6 Å². The number of sulfonamides is 1. The fraction of sp³-hybridized carbons (Fsp3) is 0.257. The molecule has 8 nitrogen and oxygen atoms in total. The molecule has 0 saturated carbocycles. The molecule has 0 saturated heterocycles. The summed E-state index contributed by atoms with van der Waals surface area (Å²) in [7, 11) is -3.90. The van der Waals surface area contributed by atoms with Gasteiger partial charge in [0.25, 0.3) is 0 Å². The zero-order valence-corrected chi connectivity index (χ0v) is 27.4. The quantitative estimate of drug-likeness (QED) is 0.191. The van der Waals surface area contributed by atoms with Crippen LogP contribution in [0.3, 0.4) is 0 Å². The van der Waals surface area contributed by atoms with Crippen LogP contribution in [0.5, 0.6) is 11.5 Å². The molecular formula is C35H38ClN3O5S. The Kier molecular flexibility index (Phi) is 10.9. The predicted octanol–water partition coefficient (Wildman–Crippen LogP) is 6.45. The van der Waals surface area contributed by atoms with E-state index in [9.17, 15) is 18.0 Å². The van der Waals surface area contributed by atoms with Gasteiger partial charge < -0.3 is 15.0 Å². The minimum atomic E-state index is -3.90. The lowest BCUT2D eigenvalue weighted by Gasteiger charge is -2.35. The van der Waals surface area contributed by atoms with Crippen molar-refractivity contribution in [2.24, 2.45) is 0 Å². The van der Waals surface area contributed by atoms with Gasteiger partial charge >= 0.3 is 0 Å². The fourth-order valence-electron chi connectivity index (χ4n) is 4.71. The Morgan fingerprint density at radius 2 is 1.36 bits per heavy atom. The zero-order chi connectivity index (χ0) is 32.6. The molecule has 10 heteroatoms. The molecule has 0 fully saturated rings. The molecular weight excluding hydrogens is 610 g/mol. The summed E-state index contributed by atoms with van der Waals surface area (Å²) >= 11 is 6.12. The average Bonchev–Trinajstić information content (AvgIpc) is 2.98. The Labute approximate surface area is 270 Å². The summed E-state index contributed by atoms with van der Waals surface area (Å²) in [5, 5.41) is 3.54. The maximum Gasteiger partial charge on any atom is 0.244 e. The molecule has 236 valence electrons. The summed E-state index contributed by atoms with van der Waals surface area (Å²) in [6.07, 6.45) is 1.28. The molecule has 1 N–H and O–H groups in total. The van der Waals surface area contributed by atoms with E-state index in [4.69, 9.17) is 16.3 Å². The number of hydrogen-bond acceptors (Lipinski definition) is 5. The van der Waals surface area contributed by atoms with Crippen molar-refractivity contribution in [2.75, 3.05) is 17.1 Å². The summed E-state index contributed by atoms with van der Waals surface area (Å²) in [5.41, 5.74) is 1.32. The average molecular weight is 648 g/mol. The van der Waals surface area contributed by atoms with E-state index in [0.29, 0.717) is 16.5 Å². The Hall–Kier alpha value is -4.34. The summed E-state index contributed by atoms with van der Waals surface area (Å²) in [6.45, 7) is 5.15. The smallest absolute Gasteiger partial charge is 0.244 e. The summed E-state index contributed by atoms with van der Waals surface area (Å²) in [4.78, 5) is 29.5. The van der Waals surface area contributed by atoms with Crippen LogP contribution in [-0.4, -0.2) is 49.5 Å². The monoisotopic (exact) mass is 647 g/mol. The topological polar surface area (TPSA) is 96.0 Å². The lowest BCUT2D eigenvalue weighted by atomic mass is 10.0. The van der Waals surface area contributed by atoms with Crippen molar-refractivity contribution in [3.8, 4) is 11.5 Å². The van der Waals surface area contributed by atoms with Gasteiger partial charge in [0.15, 0.2) is 0 Å². The predicted molar refractivity (Wildman–Crippen MR) is 179 cm³/mol. The second kappa shape index (κ2) is 14.6. The van der Waals surface area contributed by atoms with Crippen LogP contribution >= 0.6 is 11.6 Å². The molecule has 0 radical (unpaired) electrons. The van der Waals surface area contributed by atoms with Gasteiger partial charge in [-0.05, 0) is 80.4 Å². The molecule has 0 aliphatic rings. The van der Waals surface area contributed by atoms with E-state index in [2.05, 4.69) is 5.32 Å². The molecule has 0 heterocycles. The van der Waals surface area contributed by atoms with E-state index in [1.807, 2.05) is 81.4 Å². The van der Waals surface area contributed by atoms with Gasteiger partial charge in [-0.1, -0.05) is 72.3 Å². The van der Waals surface area contributed by atoms with Crippen molar-refractivity contribution in [2.45, 2.75) is 45.3 Å². The molecule has 4 aromatic rings. The molecule has 2 amide bonds. The van der Waals surface area contributed by atoms with Gasteiger partial charge in [-0.2, -0.15) is 0 Å². The van der Waals surface area contributed by atoms with Crippen LogP contribution in [0, 0.1) is 0 Å². The molecule has 1 atom stereocenters. The van der Waals surface area contributed by atoms with Gasteiger partial charge in [-0.25, -0.2) is 8.42 Å². The fourth-order valence-corrected chi connectivity index (χ4v) is 5.69. The van der Waals surface area contributed by atoms with E-state index in [0.717, 1.165) is 21.7 Å². The molecule has 0 aromatic heterocycles. The molecule has 0 aliphatic carbocycles. The molecule has 45 heavy (non-hydrogen) atoms. The molecule has 0 spiro atoms. The summed E-state index contributed by atoms with van der Waals surface area (Å²) in [5.74, 6) is 0.263. The summed E-state index contributed by atoms with van der Waals surface area (Å²) < 4.78 is 33.0. The van der Waals surface area contributed by atoms with Crippen molar-refractivity contribution in [1.29, 1.82) is 0 Å². The number of carbonyl (C=O) groups is 2. The number of amides is 2. The first-order chi connectivity index (χ1) is 21.3. The van der Waals surface area contributed by atoms with Gasteiger partial charge in [0.1, 0.15) is 24.1 Å². The molecule has 0 aliphatic heterocycles. The van der Waals surface area contributed by atoms with E-state index >= 15 is 0 Å². The van der Waals surface area contributed by atoms with Gasteiger partial charge in [0.05, 0.1) is 11.9 Å². The number of halogens is 1. The first-order valence-electron chi connectivity index (χ1n) is 14.5. The Balaban J connectivity index is 1.68. The third kappa shape index (κ3) is 10.1. The van der Waals surface area contributed by atoms with Gasteiger partial charge in [-0.15, -0.1) is 0 Å². The molecule has 0 bridgehead atoms. The molecule has 0 unspecified atom stereocenters. The maximum atomic E-state index is 14.2. The number of anilines is 1. The minimum absolute atomic E-state index is 0.0620. The first kappa shape index (κ1) is 33.6. The van der Waals surface area contributed by atoms with Crippen LogP contribution in [0.25, 0.3) is 0 Å². The highest BCUT2D eigenvalue weighted by atomic mass is 35.5. The van der Waals surface area contributed by atoms with Crippen LogP contribution in [0.15, 0.2) is 109 Å². The first-order valence-corrected chi connectivity index (χ1v) is 16.7. The maximum absolute atomic E-state index is 14.2. The van der Waals surface area contributed by atoms with Crippen LogP contribution in [0.2, 0.25) is 5.02 Å². The summed E-state index contributed by atoms with van der Waals surface area (Å²) in [6, 6.07) is 31.1. The highest BCUT2D eigenvalue weighted by Gasteiger charge is 2.34. The third-order valence-corrected chi connectivity index (χ3v) is 8.21. The van der Waals surface area contributed by atoms with Gasteiger partial charge in [-0.3, -0.25) is 13.9 Å². The number of carbonyl (C=O) groups excluding carboxylic acids is 2. The minimum Gasteiger partial charge on any atom is -0.457 e. The lowest BCUT2D eigenvalue weighted by molar-refractivity contribution is -0.140. The molecule has 4 aromatic carbocycles. The normalized spacial score (nSPS) is 12.2. The highest BCUT2D eigenvalue weighted by Crippen LogP contribution is 2.26. The third-order valence-electron chi connectivity index (χ3n) is 6.82. The number of rotatable bonds is 12. The Morgan fingerprint density at radius 3 is 1.91 bits per heavy atom. The SMILES string of the molecule is CC(C)(C)NC(=O)[C@H](Cc1ccccc1)N(Cc1ccc(Cl)cc1)C(=O)CN(c1ccc(Oc2ccccc2)cc1)S(C)(=O)=O. The Morgan fingerprint density at radius 1 is 0.800 bits per heavy atom. The molecule has 4 rings (SSSR count). The van der Waals surface area contributed by atoms with E-state index in [1.165, 1.54) is 4.90 Å². The number of nitrogens with one attached hydrogen (secondary N) is 1. The second-order valence-corrected chi connectivity index (χ2v) is 14.1. The standard InChI is InChI=1S/C35H38ClN3O5S/c1-35(2,3)37-34(41)32(23-26-11-7-5-8-12-26)38(24-27-15-17-28(36)18-16-27)33(40)25-39(45(4,42)43)29-19-21-31(22-20-29)44-30-13-9-6-10-14-30/h5-22,32H,23-25H2,1-4H3,(H,37,41)/t32-/m0/s1. The largest absolute Gasteiger partial charge is 0.457 e. The van der Waals surface area contributed by atoms with Crippen molar-refractivity contribution >= 4 is 39.1 Å². The van der Waals surface area contributed by atoms with Crippen molar-refractivity contribution in [3.05, 3.63) is 125 Å². The lowest BCUT2D eigenvalue weighted by Crippen LogP contribution is -2.56. The van der Waals surface area contributed by atoms with Crippen LogP contribution < -0.4 is 14.4 Å². The van der Waals surface area contributed by atoms with Crippen LogP contribution in [-0.2, 0) is 32.6 Å². The van der Waals surface area contributed by atoms with Gasteiger partial charge in [0, 0.05) is 23.5 Å². The van der Waals surface area contributed by atoms with Gasteiger partial charge in [0.2, 0.25) is 21.8 Å². The second-order valence-electron chi connectivity index (χ2n) is 11.8.